The van der Waals surface area contributed by atoms with Crippen LogP contribution in [0.3, 0.4) is 0 Å². The second kappa shape index (κ2) is 5.81. The highest BCUT2D eigenvalue weighted by Gasteiger charge is 2.34. The minimum Gasteiger partial charge on any atom is -0.489 e. The molecule has 0 N–H and O–H groups in total. The number of fused-ring (bicyclic) bond motifs is 3. The van der Waals surface area contributed by atoms with Crippen molar-refractivity contribution in [3.8, 4) is 11.8 Å². The molecule has 2 aliphatic heterocycles. The van der Waals surface area contributed by atoms with Crippen molar-refractivity contribution in [2.45, 2.75) is 6.04 Å². The third-order valence-corrected chi connectivity index (χ3v) is 3.67. The van der Waals surface area contributed by atoms with Gasteiger partial charge in [-0.1, -0.05) is 0 Å². The van der Waals surface area contributed by atoms with E-state index in [1.165, 1.54) is 6.34 Å². The van der Waals surface area contributed by atoms with Crippen LogP contribution in [-0.2, 0) is 4.74 Å². The summed E-state index contributed by atoms with van der Waals surface area (Å²) in [4.78, 5) is 7.81. The third kappa shape index (κ3) is 2.46. The maximum atomic E-state index is 14.8. The van der Waals surface area contributed by atoms with Crippen LogP contribution in [0.2, 0.25) is 0 Å². The van der Waals surface area contributed by atoms with Gasteiger partial charge in [0, 0.05) is 26.7 Å². The Balaban J connectivity index is 2.09. The van der Waals surface area contributed by atoms with Crippen molar-refractivity contribution in [2.75, 3.05) is 45.4 Å². The zero-order chi connectivity index (χ0) is 15.7. The molecule has 0 amide bonds. The van der Waals surface area contributed by atoms with Crippen molar-refractivity contribution in [3.63, 3.8) is 0 Å². The smallest absolute Gasteiger partial charge is 0.170 e. The number of rotatable bonds is 2. The number of benzene rings is 1. The molecule has 1 aromatic carbocycles. The average Bonchev–Trinajstić information content (AvgIpc) is 2.52. The quantitative estimate of drug-likeness (QED) is 0.612. The van der Waals surface area contributed by atoms with Crippen molar-refractivity contribution >= 4 is 17.7 Å². The topological polar surface area (TPSA) is 61.1 Å². The van der Waals surface area contributed by atoms with Crippen molar-refractivity contribution < 1.29 is 13.9 Å². The lowest BCUT2D eigenvalue weighted by Crippen LogP contribution is -2.51. The van der Waals surface area contributed by atoms with E-state index in [-0.39, 0.29) is 17.3 Å². The predicted molar refractivity (Wildman–Crippen MR) is 80.4 cm³/mol. The summed E-state index contributed by atoms with van der Waals surface area (Å²) in [5.74, 6) is -0.141. The zero-order valence-electron chi connectivity index (χ0n) is 12.5. The Morgan fingerprint density at radius 3 is 3.05 bits per heavy atom. The van der Waals surface area contributed by atoms with Gasteiger partial charge in [-0.2, -0.15) is 5.26 Å². The van der Waals surface area contributed by atoms with E-state index in [0.29, 0.717) is 37.8 Å². The van der Waals surface area contributed by atoms with Gasteiger partial charge < -0.3 is 19.3 Å². The van der Waals surface area contributed by atoms with Crippen molar-refractivity contribution in [3.05, 3.63) is 17.4 Å². The van der Waals surface area contributed by atoms with E-state index >= 15 is 0 Å². The van der Waals surface area contributed by atoms with E-state index in [2.05, 4.69) is 4.99 Å². The van der Waals surface area contributed by atoms with Crippen molar-refractivity contribution in [1.82, 2.24) is 4.90 Å². The summed E-state index contributed by atoms with van der Waals surface area (Å²) in [5, 5.41) is 9.30. The van der Waals surface area contributed by atoms with Gasteiger partial charge in [-0.15, -0.1) is 0 Å². The Morgan fingerprint density at radius 2 is 2.32 bits per heavy atom. The maximum absolute atomic E-state index is 14.8. The molecular formula is C15H17FN4O2. The van der Waals surface area contributed by atoms with Crippen LogP contribution in [0.5, 0.6) is 5.75 Å². The van der Waals surface area contributed by atoms with Gasteiger partial charge in [0.05, 0.1) is 31.3 Å². The van der Waals surface area contributed by atoms with Gasteiger partial charge in [0.1, 0.15) is 29.7 Å². The fraction of sp³-hybridized carbons (Fsp3) is 0.467. The molecular weight excluding hydrogens is 287 g/mol. The highest BCUT2D eigenvalue weighted by molar-refractivity contribution is 5.75. The highest BCUT2D eigenvalue weighted by atomic mass is 19.1. The highest BCUT2D eigenvalue weighted by Crippen LogP contribution is 2.42. The number of halogens is 1. The van der Waals surface area contributed by atoms with E-state index in [1.807, 2.05) is 11.0 Å². The van der Waals surface area contributed by atoms with E-state index < -0.39 is 5.82 Å². The Bertz CT molecular complexity index is 654. The van der Waals surface area contributed by atoms with Gasteiger partial charge >= 0.3 is 0 Å². The summed E-state index contributed by atoms with van der Waals surface area (Å²) in [5.41, 5.74) is 0.562. The van der Waals surface area contributed by atoms with Crippen molar-refractivity contribution in [1.29, 1.82) is 5.26 Å². The SMILES string of the molecule is CN(C)C=Nc1cc2c(c(F)c1C#N)N1CCOC[C@H]1CO2. The molecule has 1 atom stereocenters. The van der Waals surface area contributed by atoms with E-state index in [0.717, 1.165) is 0 Å². The number of ether oxygens (including phenoxy) is 2. The molecule has 116 valence electrons. The Kier molecular flexibility index (Phi) is 3.86. The average molecular weight is 304 g/mol. The van der Waals surface area contributed by atoms with Gasteiger partial charge in [0.25, 0.3) is 0 Å². The normalized spacial score (nSPS) is 20.1. The number of anilines is 1. The van der Waals surface area contributed by atoms with Crippen LogP contribution >= 0.6 is 0 Å². The second-order valence-corrected chi connectivity index (χ2v) is 5.48. The summed E-state index contributed by atoms with van der Waals surface area (Å²) < 4.78 is 25.9. The molecule has 22 heavy (non-hydrogen) atoms. The number of hydrogen-bond acceptors (Lipinski definition) is 5. The molecule has 1 fully saturated rings. The van der Waals surface area contributed by atoms with Crippen molar-refractivity contribution in [2.24, 2.45) is 4.99 Å². The lowest BCUT2D eigenvalue weighted by molar-refractivity contribution is 0.0698. The first-order valence-electron chi connectivity index (χ1n) is 7.06. The van der Waals surface area contributed by atoms with Gasteiger partial charge in [-0.05, 0) is 0 Å². The third-order valence-electron chi connectivity index (χ3n) is 3.67. The molecule has 0 saturated carbocycles. The maximum Gasteiger partial charge on any atom is 0.170 e. The Labute approximate surface area is 128 Å². The van der Waals surface area contributed by atoms with Gasteiger partial charge in [0.2, 0.25) is 0 Å². The minimum atomic E-state index is -0.572. The largest absolute Gasteiger partial charge is 0.489 e. The number of aliphatic imine (C=N–C) groups is 1. The molecule has 3 rings (SSSR count). The first-order valence-corrected chi connectivity index (χ1v) is 7.06. The zero-order valence-corrected chi connectivity index (χ0v) is 12.5. The fourth-order valence-corrected chi connectivity index (χ4v) is 2.64. The van der Waals surface area contributed by atoms with Crippen LogP contribution in [-0.4, -0.2) is 57.7 Å². The fourth-order valence-electron chi connectivity index (χ4n) is 2.64. The van der Waals surface area contributed by atoms with E-state index in [9.17, 15) is 9.65 Å². The van der Waals surface area contributed by atoms with Crippen LogP contribution in [0.25, 0.3) is 0 Å². The van der Waals surface area contributed by atoms with Crippen LogP contribution in [0.1, 0.15) is 5.56 Å². The molecule has 2 aliphatic rings. The summed E-state index contributed by atoms with van der Waals surface area (Å²) in [6.45, 7) is 2.07. The summed E-state index contributed by atoms with van der Waals surface area (Å²) in [6.07, 6.45) is 1.53. The minimum absolute atomic E-state index is 0.0154. The van der Waals surface area contributed by atoms with Crippen LogP contribution in [0, 0.1) is 17.1 Å². The molecule has 0 spiro atoms. The number of morpholine rings is 1. The monoisotopic (exact) mass is 304 g/mol. The molecule has 0 radical (unpaired) electrons. The molecule has 1 saturated heterocycles. The van der Waals surface area contributed by atoms with Crippen LogP contribution < -0.4 is 9.64 Å². The molecule has 0 unspecified atom stereocenters. The molecule has 2 heterocycles. The standard InChI is InChI=1S/C15H17FN4O2/c1-19(2)9-18-12-5-13-15(14(16)11(12)6-17)20-3-4-21-7-10(20)8-22-13/h5,9-10H,3-4,7-8H2,1-2H3/t10-/m0/s1. The van der Waals surface area contributed by atoms with Gasteiger partial charge in [-0.3, -0.25) is 0 Å². The molecule has 7 heteroatoms. The lowest BCUT2D eigenvalue weighted by Gasteiger charge is -2.41. The molecule has 1 aromatic rings. The molecule has 6 nitrogen and oxygen atoms in total. The Morgan fingerprint density at radius 1 is 1.50 bits per heavy atom. The molecule has 0 aliphatic carbocycles. The van der Waals surface area contributed by atoms with Gasteiger partial charge in [0.15, 0.2) is 5.82 Å². The number of nitrogens with zero attached hydrogens (tertiary/aromatic N) is 4. The lowest BCUT2D eigenvalue weighted by atomic mass is 10.1. The van der Waals surface area contributed by atoms with Crippen LogP contribution in [0.15, 0.2) is 11.1 Å². The first-order chi connectivity index (χ1) is 10.6. The van der Waals surface area contributed by atoms with Crippen LogP contribution in [0.4, 0.5) is 15.8 Å². The van der Waals surface area contributed by atoms with E-state index in [1.54, 1.807) is 25.1 Å². The summed E-state index contributed by atoms with van der Waals surface area (Å²) >= 11 is 0. The predicted octanol–water partition coefficient (Wildman–Crippen LogP) is 1.52. The Hall–Kier alpha value is -2.33. The summed E-state index contributed by atoms with van der Waals surface area (Å²) in [6, 6.07) is 3.52. The van der Waals surface area contributed by atoms with E-state index in [4.69, 9.17) is 9.47 Å². The second-order valence-electron chi connectivity index (χ2n) is 5.48. The number of nitriles is 1. The van der Waals surface area contributed by atoms with Gasteiger partial charge in [-0.25, -0.2) is 9.38 Å². The number of hydrogen-bond donors (Lipinski definition) is 0. The summed E-state index contributed by atoms with van der Waals surface area (Å²) in [7, 11) is 3.61. The first kappa shape index (κ1) is 14.6. The molecule has 0 aromatic heterocycles. The molecule has 0 bridgehead atoms.